The average molecular weight is 372 g/mol. The zero-order chi connectivity index (χ0) is 18.4. The molecule has 0 aliphatic carbocycles. The number of para-hydroxylation sites is 1. The Hall–Kier alpha value is -2.14. The Labute approximate surface area is 159 Å². The first-order valence-corrected chi connectivity index (χ1v) is 10.1. The molecule has 1 N–H and O–H groups in total. The van der Waals surface area contributed by atoms with Crippen LogP contribution in [0.3, 0.4) is 0 Å². The molecule has 0 bridgehead atoms. The SMILES string of the molecule is CCc1cccc(CC)c1NC(=O)CSc1ccc2c(c1)OCCCO2. The van der Waals surface area contributed by atoms with Crippen LogP contribution >= 0.6 is 11.8 Å². The summed E-state index contributed by atoms with van der Waals surface area (Å²) in [6.07, 6.45) is 2.69. The lowest BCUT2D eigenvalue weighted by Crippen LogP contribution is -2.16. The molecule has 0 spiro atoms. The number of anilines is 1. The molecule has 0 fully saturated rings. The Balaban J connectivity index is 1.64. The van der Waals surface area contributed by atoms with Gasteiger partial charge in [0, 0.05) is 17.0 Å². The lowest BCUT2D eigenvalue weighted by Gasteiger charge is -2.14. The third kappa shape index (κ3) is 4.52. The molecule has 2 aromatic rings. The second-order valence-corrected chi connectivity index (χ2v) is 7.20. The summed E-state index contributed by atoms with van der Waals surface area (Å²) in [6.45, 7) is 5.56. The van der Waals surface area contributed by atoms with Crippen LogP contribution in [-0.4, -0.2) is 24.9 Å². The number of fused-ring (bicyclic) bond motifs is 1. The number of thioether (sulfide) groups is 1. The van der Waals surface area contributed by atoms with Gasteiger partial charge in [-0.1, -0.05) is 32.0 Å². The molecule has 3 rings (SSSR count). The highest BCUT2D eigenvalue weighted by molar-refractivity contribution is 8.00. The van der Waals surface area contributed by atoms with E-state index in [4.69, 9.17) is 9.47 Å². The van der Waals surface area contributed by atoms with E-state index in [1.165, 1.54) is 22.9 Å². The summed E-state index contributed by atoms with van der Waals surface area (Å²) in [5.74, 6) is 1.91. The quantitative estimate of drug-likeness (QED) is 0.748. The summed E-state index contributed by atoms with van der Waals surface area (Å²) < 4.78 is 11.4. The van der Waals surface area contributed by atoms with Crippen molar-refractivity contribution in [3.8, 4) is 11.5 Å². The van der Waals surface area contributed by atoms with Gasteiger partial charge in [-0.3, -0.25) is 4.79 Å². The number of aryl methyl sites for hydroxylation is 2. The molecule has 5 heteroatoms. The third-order valence-corrected chi connectivity index (χ3v) is 5.35. The molecule has 1 aliphatic heterocycles. The van der Waals surface area contributed by atoms with Crippen molar-refractivity contribution >= 4 is 23.4 Å². The fourth-order valence-corrected chi connectivity index (χ4v) is 3.69. The van der Waals surface area contributed by atoms with Crippen LogP contribution in [0.2, 0.25) is 0 Å². The maximum absolute atomic E-state index is 12.5. The lowest BCUT2D eigenvalue weighted by molar-refractivity contribution is -0.113. The third-order valence-electron chi connectivity index (χ3n) is 4.35. The van der Waals surface area contributed by atoms with Gasteiger partial charge in [-0.2, -0.15) is 0 Å². The van der Waals surface area contributed by atoms with E-state index in [0.717, 1.165) is 41.3 Å². The average Bonchev–Trinajstić information content (AvgIpc) is 2.91. The maximum Gasteiger partial charge on any atom is 0.234 e. The van der Waals surface area contributed by atoms with Crippen LogP contribution in [-0.2, 0) is 17.6 Å². The first-order valence-electron chi connectivity index (χ1n) is 9.14. The largest absolute Gasteiger partial charge is 0.490 e. The number of carbonyl (C=O) groups excluding carboxylic acids is 1. The first kappa shape index (κ1) is 18.6. The standard InChI is InChI=1S/C21H25NO3S/c1-3-15-7-5-8-16(4-2)21(15)22-20(23)14-26-17-9-10-18-19(13-17)25-12-6-11-24-18/h5,7-10,13H,3-4,6,11-12,14H2,1-2H3,(H,22,23). The van der Waals surface area contributed by atoms with Crippen LogP contribution in [0.5, 0.6) is 11.5 Å². The normalized spacial score (nSPS) is 13.2. The second kappa shape index (κ2) is 8.99. The lowest BCUT2D eigenvalue weighted by atomic mass is 10.0. The number of ether oxygens (including phenoxy) is 2. The molecule has 0 aromatic heterocycles. The van der Waals surface area contributed by atoms with E-state index in [2.05, 4.69) is 37.4 Å². The van der Waals surface area contributed by atoms with Gasteiger partial charge >= 0.3 is 0 Å². The number of hydrogen-bond acceptors (Lipinski definition) is 4. The minimum atomic E-state index is 0.0118. The monoisotopic (exact) mass is 371 g/mol. The highest BCUT2D eigenvalue weighted by Crippen LogP contribution is 2.34. The van der Waals surface area contributed by atoms with Crippen molar-refractivity contribution in [2.75, 3.05) is 24.3 Å². The van der Waals surface area contributed by atoms with Crippen molar-refractivity contribution in [3.05, 3.63) is 47.5 Å². The highest BCUT2D eigenvalue weighted by Gasteiger charge is 2.13. The van der Waals surface area contributed by atoms with Crippen molar-refractivity contribution < 1.29 is 14.3 Å². The molecule has 26 heavy (non-hydrogen) atoms. The van der Waals surface area contributed by atoms with Gasteiger partial charge in [0.2, 0.25) is 5.91 Å². The smallest absolute Gasteiger partial charge is 0.234 e. The first-order chi connectivity index (χ1) is 12.7. The Morgan fingerprint density at radius 2 is 1.73 bits per heavy atom. The van der Waals surface area contributed by atoms with E-state index in [0.29, 0.717) is 19.0 Å². The van der Waals surface area contributed by atoms with Crippen LogP contribution < -0.4 is 14.8 Å². The van der Waals surface area contributed by atoms with Gasteiger partial charge < -0.3 is 14.8 Å². The molecule has 0 saturated heterocycles. The predicted molar refractivity (Wildman–Crippen MR) is 107 cm³/mol. The summed E-state index contributed by atoms with van der Waals surface area (Å²) in [4.78, 5) is 13.5. The molecule has 2 aromatic carbocycles. The van der Waals surface area contributed by atoms with Crippen LogP contribution in [0.15, 0.2) is 41.3 Å². The van der Waals surface area contributed by atoms with Gasteiger partial charge in [0.25, 0.3) is 0 Å². The van der Waals surface area contributed by atoms with Crippen LogP contribution in [0.25, 0.3) is 0 Å². The van der Waals surface area contributed by atoms with Gasteiger partial charge in [0.1, 0.15) is 0 Å². The number of nitrogens with one attached hydrogen (secondary N) is 1. The summed E-state index contributed by atoms with van der Waals surface area (Å²) in [5.41, 5.74) is 3.33. The van der Waals surface area contributed by atoms with E-state index in [9.17, 15) is 4.79 Å². The number of rotatable bonds is 6. The Morgan fingerprint density at radius 3 is 2.42 bits per heavy atom. The topological polar surface area (TPSA) is 47.6 Å². The van der Waals surface area contributed by atoms with Gasteiger partial charge in [0.15, 0.2) is 11.5 Å². The fourth-order valence-electron chi connectivity index (χ4n) is 2.96. The van der Waals surface area contributed by atoms with Crippen molar-refractivity contribution in [1.29, 1.82) is 0 Å². The highest BCUT2D eigenvalue weighted by atomic mass is 32.2. The molecule has 0 unspecified atom stereocenters. The summed E-state index contributed by atoms with van der Waals surface area (Å²) in [6, 6.07) is 12.1. The molecular weight excluding hydrogens is 346 g/mol. The molecule has 4 nitrogen and oxygen atoms in total. The summed E-state index contributed by atoms with van der Waals surface area (Å²) in [7, 11) is 0. The maximum atomic E-state index is 12.5. The van der Waals surface area contributed by atoms with E-state index in [-0.39, 0.29) is 5.91 Å². The Bertz CT molecular complexity index is 754. The molecule has 1 heterocycles. The zero-order valence-corrected chi connectivity index (χ0v) is 16.2. The van der Waals surface area contributed by atoms with Crippen LogP contribution in [0, 0.1) is 0 Å². The fraction of sp³-hybridized carbons (Fsp3) is 0.381. The Kier molecular flexibility index (Phi) is 6.45. The number of benzene rings is 2. The zero-order valence-electron chi connectivity index (χ0n) is 15.3. The van der Waals surface area contributed by atoms with Gasteiger partial charge in [0.05, 0.1) is 19.0 Å². The van der Waals surface area contributed by atoms with Gasteiger partial charge in [-0.15, -0.1) is 11.8 Å². The summed E-state index contributed by atoms with van der Waals surface area (Å²) in [5, 5.41) is 3.11. The molecule has 1 aliphatic rings. The van der Waals surface area contributed by atoms with E-state index in [1.807, 2.05) is 18.2 Å². The van der Waals surface area contributed by atoms with Crippen molar-refractivity contribution in [1.82, 2.24) is 0 Å². The van der Waals surface area contributed by atoms with Crippen molar-refractivity contribution in [2.24, 2.45) is 0 Å². The van der Waals surface area contributed by atoms with Crippen molar-refractivity contribution in [2.45, 2.75) is 38.0 Å². The van der Waals surface area contributed by atoms with Crippen molar-refractivity contribution in [3.63, 3.8) is 0 Å². The van der Waals surface area contributed by atoms with Gasteiger partial charge in [-0.05, 0) is 42.2 Å². The molecule has 1 amide bonds. The number of hydrogen-bond donors (Lipinski definition) is 1. The second-order valence-electron chi connectivity index (χ2n) is 6.15. The molecular formula is C21H25NO3S. The Morgan fingerprint density at radius 1 is 1.04 bits per heavy atom. The number of carbonyl (C=O) groups is 1. The molecule has 0 saturated carbocycles. The molecule has 0 atom stereocenters. The van der Waals surface area contributed by atoms with E-state index >= 15 is 0 Å². The van der Waals surface area contributed by atoms with Gasteiger partial charge in [-0.25, -0.2) is 0 Å². The van der Waals surface area contributed by atoms with E-state index < -0.39 is 0 Å². The van der Waals surface area contributed by atoms with Crippen LogP contribution in [0.4, 0.5) is 5.69 Å². The molecule has 138 valence electrons. The molecule has 0 radical (unpaired) electrons. The predicted octanol–water partition coefficient (Wildman–Crippen LogP) is 4.70. The minimum absolute atomic E-state index is 0.0118. The summed E-state index contributed by atoms with van der Waals surface area (Å²) >= 11 is 1.51. The van der Waals surface area contributed by atoms with Crippen LogP contribution in [0.1, 0.15) is 31.4 Å². The minimum Gasteiger partial charge on any atom is -0.490 e. The number of amides is 1. The van der Waals surface area contributed by atoms with E-state index in [1.54, 1.807) is 0 Å².